The quantitative estimate of drug-likeness (QED) is 0.112. The molecule has 5 aromatic carbocycles. The first-order valence-corrected chi connectivity index (χ1v) is 25.7. The molecule has 0 aliphatic heterocycles. The molecule has 311 valence electrons. The van der Waals surface area contributed by atoms with E-state index >= 15 is 0 Å². The van der Waals surface area contributed by atoms with Crippen LogP contribution in [0.5, 0.6) is 0 Å². The number of hydrogen-bond acceptors (Lipinski definition) is 3. The first-order chi connectivity index (χ1) is 29.3. The molecule has 0 atom stereocenters. The molecule has 0 amide bonds. The van der Waals surface area contributed by atoms with Gasteiger partial charge in [-0.15, -0.1) is 53.6 Å². The number of fused-ring (bicyclic) bond motifs is 3. The van der Waals surface area contributed by atoms with E-state index in [0.717, 1.165) is 68.3 Å². The van der Waals surface area contributed by atoms with E-state index in [1.807, 2.05) is 18.3 Å². The van der Waals surface area contributed by atoms with Crippen LogP contribution in [-0.4, -0.2) is 18.0 Å². The number of rotatable bonds is 8. The molecular formula is C56H56IrN2OSi-2. The molecule has 2 aliphatic carbocycles. The number of pyridine rings is 2. The maximum atomic E-state index is 6.51. The van der Waals surface area contributed by atoms with Gasteiger partial charge in [-0.05, 0) is 89.0 Å². The van der Waals surface area contributed by atoms with Crippen molar-refractivity contribution < 1.29 is 24.5 Å². The molecule has 2 fully saturated rings. The number of benzene rings is 5. The number of nitrogens with zero attached hydrogens (tertiary/aromatic N) is 2. The summed E-state index contributed by atoms with van der Waals surface area (Å²) in [6, 6.07) is 50.0. The normalized spacial score (nSPS) is 14.8. The molecule has 3 heterocycles. The Morgan fingerprint density at radius 3 is 2.07 bits per heavy atom. The number of aryl methyl sites for hydroxylation is 1. The molecule has 0 bridgehead atoms. The Bertz CT molecular complexity index is 2720. The number of aromatic nitrogens is 2. The summed E-state index contributed by atoms with van der Waals surface area (Å²) in [5, 5.41) is 3.70. The topological polar surface area (TPSA) is 38.9 Å². The summed E-state index contributed by atoms with van der Waals surface area (Å²) in [6.45, 7) is 9.36. The maximum absolute atomic E-state index is 6.51. The molecule has 2 aliphatic rings. The summed E-state index contributed by atoms with van der Waals surface area (Å²) < 4.78 is 6.51. The van der Waals surface area contributed by atoms with Gasteiger partial charge in [0.25, 0.3) is 0 Å². The van der Waals surface area contributed by atoms with Gasteiger partial charge < -0.3 is 14.4 Å². The third kappa shape index (κ3) is 9.76. The van der Waals surface area contributed by atoms with Gasteiger partial charge in [0.05, 0.1) is 13.7 Å². The standard InChI is InChI=1S/C36H30NO.C20H26NSi.Ir/c1-3-8-25(9-4-1)22-26-20-21-37-34(23-26)33-13-7-12-32-31-19-18-30(24-35(31)38-36(32)33)29-16-14-28(15-17-29)27-10-5-2-6-11-27;1-15-12-19(21-14-20(15)22(2,3)4)18-11-7-10-17(13-18)16-8-5-6-9-16;/h2,5-7,10-12,14-21,23-25H,1,3-4,8-9,22H2;7,10,12-14,16H,5-6,8-9H2,1-4H3;/q2*-1;. The van der Waals surface area contributed by atoms with Crippen LogP contribution in [0.25, 0.3) is 66.7 Å². The first kappa shape index (κ1) is 42.7. The Kier molecular flexibility index (Phi) is 13.3. The monoisotopic (exact) mass is 993 g/mol. The van der Waals surface area contributed by atoms with Gasteiger partial charge in [0.15, 0.2) is 0 Å². The molecule has 0 spiro atoms. The Labute approximate surface area is 377 Å². The minimum atomic E-state index is -1.31. The Morgan fingerprint density at radius 2 is 1.33 bits per heavy atom. The second-order valence-electron chi connectivity index (χ2n) is 18.3. The summed E-state index contributed by atoms with van der Waals surface area (Å²) >= 11 is 0. The predicted molar refractivity (Wildman–Crippen MR) is 254 cm³/mol. The van der Waals surface area contributed by atoms with E-state index in [2.05, 4.69) is 154 Å². The summed E-state index contributed by atoms with van der Waals surface area (Å²) in [6.07, 6.45) is 17.4. The van der Waals surface area contributed by atoms with Crippen molar-refractivity contribution in [1.82, 2.24) is 9.97 Å². The summed E-state index contributed by atoms with van der Waals surface area (Å²) in [5.41, 5.74) is 14.8. The van der Waals surface area contributed by atoms with Crippen LogP contribution in [0, 0.1) is 25.0 Å². The Balaban J connectivity index is 0.000000191. The van der Waals surface area contributed by atoms with Crippen molar-refractivity contribution in [3.05, 3.63) is 163 Å². The second kappa shape index (κ2) is 19.0. The summed E-state index contributed by atoms with van der Waals surface area (Å²) in [7, 11) is -1.31. The third-order valence-corrected chi connectivity index (χ3v) is 15.1. The molecule has 1 radical (unpaired) electrons. The molecule has 8 aromatic rings. The van der Waals surface area contributed by atoms with Crippen molar-refractivity contribution in [3.8, 4) is 44.8 Å². The van der Waals surface area contributed by atoms with E-state index in [4.69, 9.17) is 14.4 Å². The fraction of sp³-hybridized carbons (Fsp3) is 0.286. The van der Waals surface area contributed by atoms with E-state index in [1.54, 1.807) is 0 Å². The molecular weight excluding hydrogens is 937 g/mol. The third-order valence-electron chi connectivity index (χ3n) is 12.9. The van der Waals surface area contributed by atoms with E-state index < -0.39 is 8.07 Å². The fourth-order valence-electron chi connectivity index (χ4n) is 9.69. The summed E-state index contributed by atoms with van der Waals surface area (Å²) in [4.78, 5) is 9.48. The zero-order valence-corrected chi connectivity index (χ0v) is 39.5. The van der Waals surface area contributed by atoms with Crippen LogP contribution in [0.15, 0.2) is 138 Å². The van der Waals surface area contributed by atoms with Gasteiger partial charge in [0, 0.05) is 37.9 Å². The van der Waals surface area contributed by atoms with E-state index in [9.17, 15) is 0 Å². The van der Waals surface area contributed by atoms with Crippen LogP contribution in [0.4, 0.5) is 0 Å². The smallest absolute Gasteiger partial charge is 0.121 e. The molecule has 2 saturated carbocycles. The average molecular weight is 993 g/mol. The number of hydrogen-bond donors (Lipinski definition) is 0. The van der Waals surface area contributed by atoms with Gasteiger partial charge in [0.1, 0.15) is 5.58 Å². The van der Waals surface area contributed by atoms with E-state index in [-0.39, 0.29) is 20.1 Å². The van der Waals surface area contributed by atoms with Gasteiger partial charge in [-0.3, -0.25) is 0 Å². The zero-order chi connectivity index (χ0) is 41.1. The van der Waals surface area contributed by atoms with E-state index in [0.29, 0.717) is 0 Å². The van der Waals surface area contributed by atoms with Gasteiger partial charge in [-0.2, -0.15) is 0 Å². The van der Waals surface area contributed by atoms with Crippen LogP contribution >= 0.6 is 0 Å². The fourth-order valence-corrected chi connectivity index (χ4v) is 11.4. The largest absolute Gasteiger partial charge is 0.501 e. The average Bonchev–Trinajstić information content (AvgIpc) is 3.96. The maximum Gasteiger partial charge on any atom is 0.121 e. The minimum Gasteiger partial charge on any atom is -0.501 e. The van der Waals surface area contributed by atoms with Crippen LogP contribution in [-0.2, 0) is 26.5 Å². The van der Waals surface area contributed by atoms with Crippen LogP contribution in [0.3, 0.4) is 0 Å². The molecule has 0 N–H and O–H groups in total. The summed E-state index contributed by atoms with van der Waals surface area (Å²) in [5.74, 6) is 1.54. The van der Waals surface area contributed by atoms with Crippen molar-refractivity contribution in [3.63, 3.8) is 0 Å². The van der Waals surface area contributed by atoms with Crippen molar-refractivity contribution in [2.24, 2.45) is 5.92 Å². The second-order valence-corrected chi connectivity index (χ2v) is 23.3. The van der Waals surface area contributed by atoms with Crippen molar-refractivity contribution in [2.45, 2.75) is 96.7 Å². The zero-order valence-electron chi connectivity index (χ0n) is 36.1. The minimum absolute atomic E-state index is 0. The van der Waals surface area contributed by atoms with Gasteiger partial charge in [-0.25, -0.2) is 0 Å². The van der Waals surface area contributed by atoms with Gasteiger partial charge >= 0.3 is 0 Å². The Hall–Kier alpha value is -4.93. The molecule has 0 saturated heterocycles. The Morgan fingerprint density at radius 1 is 0.639 bits per heavy atom. The number of furan rings is 1. The van der Waals surface area contributed by atoms with E-state index in [1.165, 1.54) is 96.4 Å². The molecule has 5 heteroatoms. The van der Waals surface area contributed by atoms with Gasteiger partial charge in [-0.1, -0.05) is 166 Å². The SMILES string of the molecule is Cc1cc(-c2[c-]ccc(C3CCCC3)c2)ncc1[Si](C)(C)C.[Ir].[c-]1ccc2c(oc3cc(-c4ccc(-c5ccccc5)cc4)ccc32)c1-c1cc(CC2CCCCC2)ccn1. The van der Waals surface area contributed by atoms with Crippen LogP contribution in [0.2, 0.25) is 19.6 Å². The van der Waals surface area contributed by atoms with Crippen molar-refractivity contribution in [1.29, 1.82) is 0 Å². The van der Waals surface area contributed by atoms with Crippen molar-refractivity contribution in [2.75, 3.05) is 0 Å². The predicted octanol–water partition coefficient (Wildman–Crippen LogP) is 15.0. The molecule has 61 heavy (non-hydrogen) atoms. The van der Waals surface area contributed by atoms with Crippen LogP contribution in [0.1, 0.15) is 80.4 Å². The van der Waals surface area contributed by atoms with Crippen LogP contribution < -0.4 is 5.19 Å². The molecule has 3 nitrogen and oxygen atoms in total. The van der Waals surface area contributed by atoms with Crippen molar-refractivity contribution >= 4 is 35.2 Å². The molecule has 0 unspecified atom stereocenters. The van der Waals surface area contributed by atoms with Gasteiger partial charge in [0.2, 0.25) is 0 Å². The molecule has 3 aromatic heterocycles. The molecule has 10 rings (SSSR count). The first-order valence-electron chi connectivity index (χ1n) is 22.2.